The molecule has 5 unspecified atom stereocenters. The molecule has 4 N–H and O–H groups in total. The Morgan fingerprint density at radius 2 is 0.442 bits per heavy atom. The van der Waals surface area contributed by atoms with Crippen LogP contribution in [-0.4, -0.2) is 95.9 Å². The van der Waals surface area contributed by atoms with Gasteiger partial charge < -0.3 is 34.2 Å². The number of unbranched alkanes of at least 4 members (excludes halogenated alkanes) is 29. The van der Waals surface area contributed by atoms with E-state index in [-0.39, 0.29) is 19.3 Å². The van der Waals surface area contributed by atoms with E-state index in [1.807, 2.05) is 0 Å². The number of aliphatic hydroxyl groups excluding tert-OH is 2. The third-order valence-corrected chi connectivity index (χ3v) is 20.0. The quantitative estimate of drug-likeness (QED) is 0.0146. The van der Waals surface area contributed by atoms with Gasteiger partial charge in [-0.2, -0.15) is 0 Å². The van der Waals surface area contributed by atoms with Crippen molar-refractivity contribution in [3.05, 3.63) is 182 Å². The molecule has 0 aromatic carbocycles. The van der Waals surface area contributed by atoms with E-state index in [2.05, 4.69) is 203 Å². The van der Waals surface area contributed by atoms with Crippen molar-refractivity contribution >= 4 is 33.6 Å². The number of carbonyl (C=O) groups excluding carboxylic acids is 3. The number of phosphoric ester groups is 2. The molecule has 0 fully saturated rings. The van der Waals surface area contributed by atoms with Gasteiger partial charge in [-0.05, 0) is 154 Å². The van der Waals surface area contributed by atoms with Crippen LogP contribution in [0, 0.1) is 0 Å². The summed E-state index contributed by atoms with van der Waals surface area (Å²) in [5.74, 6) is -1.61. The summed E-state index contributed by atoms with van der Waals surface area (Å²) in [4.78, 5) is 58.9. The van der Waals surface area contributed by atoms with Crippen molar-refractivity contribution in [2.45, 2.75) is 360 Å². The topological polar surface area (TPSA) is 231 Å². The molecule has 0 aromatic heterocycles. The van der Waals surface area contributed by atoms with E-state index in [0.717, 1.165) is 186 Å². The Morgan fingerprint density at radius 3 is 0.699 bits per heavy atom. The fraction of sp³-hybridized carbons (Fsp3) is 0.653. The van der Waals surface area contributed by atoms with Crippen LogP contribution in [0.2, 0.25) is 0 Å². The number of carbonyl (C=O) groups is 3. The summed E-state index contributed by atoms with van der Waals surface area (Å²) in [5, 5.41) is 20.7. The zero-order valence-electron chi connectivity index (χ0n) is 70.7. The van der Waals surface area contributed by atoms with Crippen LogP contribution in [0.25, 0.3) is 0 Å². The van der Waals surface area contributed by atoms with E-state index >= 15 is 0 Å². The summed E-state index contributed by atoms with van der Waals surface area (Å²) >= 11 is 0. The largest absolute Gasteiger partial charge is 0.472 e. The molecule has 5 atom stereocenters. The summed E-state index contributed by atoms with van der Waals surface area (Å²) in [6.45, 7) is 2.32. The molecule has 0 radical (unpaired) electrons. The predicted octanol–water partition coefficient (Wildman–Crippen LogP) is 26.9. The molecule has 113 heavy (non-hydrogen) atoms. The SMILES string of the molecule is CC/C=C\C/C=C\C/C=C\C/C=C\C/C=C\C/C=C\CCCCCCCCCCC(=O)OCC(COP(=O)(O)OCC(O)COP(=O)(O)OCC(O)COC(=O)CCCCCCCCCCCCCCCCCCC/C=C\C/C=C\C/C=C\C/C=C\C/C=C\CC)OC(=O)CCCCCC/C=C\C/C=C\C/C=C\C/C=C\CC. The summed E-state index contributed by atoms with van der Waals surface area (Å²) < 4.78 is 61.3. The van der Waals surface area contributed by atoms with Crippen molar-refractivity contribution in [2.24, 2.45) is 0 Å². The highest BCUT2D eigenvalue weighted by Gasteiger charge is 2.29. The molecule has 0 aliphatic heterocycles. The summed E-state index contributed by atoms with van der Waals surface area (Å²) in [6.07, 6.45) is 112. The zero-order valence-corrected chi connectivity index (χ0v) is 72.5. The van der Waals surface area contributed by atoms with Crippen LogP contribution < -0.4 is 0 Å². The van der Waals surface area contributed by atoms with Crippen LogP contribution in [0.4, 0.5) is 0 Å². The highest BCUT2D eigenvalue weighted by Crippen LogP contribution is 2.45. The van der Waals surface area contributed by atoms with Crippen molar-refractivity contribution in [1.82, 2.24) is 0 Å². The number of hydrogen-bond donors (Lipinski definition) is 4. The maximum absolute atomic E-state index is 13.0. The molecular weight excluding hydrogens is 1460 g/mol. The van der Waals surface area contributed by atoms with Crippen LogP contribution in [0.5, 0.6) is 0 Å². The molecule has 16 nitrogen and oxygen atoms in total. The molecule has 18 heteroatoms. The maximum atomic E-state index is 13.0. The molecule has 0 rings (SSSR count). The molecule has 0 saturated heterocycles. The summed E-state index contributed by atoms with van der Waals surface area (Å²) in [7, 11) is -9.82. The number of hydrogen-bond acceptors (Lipinski definition) is 14. The Morgan fingerprint density at radius 1 is 0.248 bits per heavy atom. The minimum Gasteiger partial charge on any atom is -0.463 e. The summed E-state index contributed by atoms with van der Waals surface area (Å²) in [5.41, 5.74) is 0. The van der Waals surface area contributed by atoms with E-state index in [4.69, 9.17) is 32.3 Å². The number of ether oxygens (including phenoxy) is 3. The van der Waals surface area contributed by atoms with Gasteiger partial charge in [0, 0.05) is 19.3 Å². The first-order valence-electron chi connectivity index (χ1n) is 44.1. The highest BCUT2D eigenvalue weighted by molar-refractivity contribution is 7.47. The minimum absolute atomic E-state index is 0.0690. The van der Waals surface area contributed by atoms with Gasteiger partial charge in [-0.3, -0.25) is 32.5 Å². The fourth-order valence-electron chi connectivity index (χ4n) is 11.5. The number of rotatable bonds is 82. The first-order chi connectivity index (χ1) is 55.2. The Kier molecular flexibility index (Phi) is 81.9. The second-order valence-corrected chi connectivity index (χ2v) is 31.8. The van der Waals surface area contributed by atoms with Crippen molar-refractivity contribution in [3.63, 3.8) is 0 Å². The molecule has 0 spiro atoms. The van der Waals surface area contributed by atoms with Gasteiger partial charge in [-0.1, -0.05) is 351 Å². The van der Waals surface area contributed by atoms with Crippen molar-refractivity contribution in [2.75, 3.05) is 39.6 Å². The average Bonchev–Trinajstić information content (AvgIpc) is 0.897. The third kappa shape index (κ3) is 87.3. The van der Waals surface area contributed by atoms with Gasteiger partial charge >= 0.3 is 33.6 Å². The Balaban J connectivity index is 4.54. The minimum atomic E-state index is -4.95. The van der Waals surface area contributed by atoms with Crippen LogP contribution in [0.1, 0.15) is 342 Å². The monoisotopic (exact) mass is 1620 g/mol. The van der Waals surface area contributed by atoms with Gasteiger partial charge in [-0.25, -0.2) is 9.13 Å². The number of phosphoric acid groups is 2. The van der Waals surface area contributed by atoms with Gasteiger partial charge in [-0.15, -0.1) is 0 Å². The first-order valence-corrected chi connectivity index (χ1v) is 47.1. The molecule has 0 aromatic rings. The smallest absolute Gasteiger partial charge is 0.463 e. The standard InChI is InChI=1S/C95H158O16P2/c1-4-7-10-13-16-19-22-25-28-31-33-35-37-39-41-42-43-44-45-46-48-50-51-53-55-58-60-63-66-69-72-75-78-81-93(98)105-84-90(96)85-107-112(101,102)108-86-91(97)87-109-113(103,104)110-89-92(111-95(100)83-80-77-74-71-68-65-62-57-30-27-24-21-18-15-12-9-6-3)88-106-94(99)82-79-76-73-70-67-64-61-59-56-54-52-49-47-40-38-36-34-32-29-26-23-20-17-14-11-8-5-2/h7-12,16-21,25-30,33-36,39-41,47,52,54,62,65,90-92,96-97H,4-6,13-15,22-24,31-32,37-38,42-46,48-51,53,55-61,63-64,66-89H2,1-3H3,(H,101,102)(H,103,104)/b10-7-,11-8-,12-9-,19-16-,20-17-,21-18-,28-25-,29-26-,30-27-,35-33-,36-34-,41-39-,47-40-,54-52-,65-62-. The van der Waals surface area contributed by atoms with Crippen molar-refractivity contribution in [3.8, 4) is 0 Å². The molecule has 0 amide bonds. The molecular formula is C95H158O16P2. The average molecular weight is 1620 g/mol. The second-order valence-electron chi connectivity index (χ2n) is 28.9. The lowest BCUT2D eigenvalue weighted by Gasteiger charge is -2.21. The van der Waals surface area contributed by atoms with E-state index in [1.54, 1.807) is 0 Å². The normalized spacial score (nSPS) is 14.7. The Labute approximate surface area is 687 Å². The Bertz CT molecular complexity index is 2780. The maximum Gasteiger partial charge on any atom is 0.472 e. The van der Waals surface area contributed by atoms with E-state index in [0.29, 0.717) is 19.3 Å². The van der Waals surface area contributed by atoms with E-state index in [9.17, 15) is 43.5 Å². The number of aliphatic hydroxyl groups is 2. The molecule has 0 aliphatic rings. The van der Waals surface area contributed by atoms with E-state index < -0.39 is 91.5 Å². The second kappa shape index (κ2) is 86.0. The van der Waals surface area contributed by atoms with Crippen LogP contribution >= 0.6 is 15.6 Å². The van der Waals surface area contributed by atoms with Crippen LogP contribution in [0.15, 0.2) is 182 Å². The molecule has 0 heterocycles. The number of allylic oxidation sites excluding steroid dienone is 30. The van der Waals surface area contributed by atoms with Gasteiger partial charge in [0.2, 0.25) is 0 Å². The summed E-state index contributed by atoms with van der Waals surface area (Å²) in [6, 6.07) is 0. The molecule has 0 saturated carbocycles. The van der Waals surface area contributed by atoms with E-state index in [1.165, 1.54) is 96.3 Å². The van der Waals surface area contributed by atoms with Gasteiger partial charge in [0.05, 0.1) is 26.4 Å². The highest BCUT2D eigenvalue weighted by atomic mass is 31.2. The van der Waals surface area contributed by atoms with Gasteiger partial charge in [0.25, 0.3) is 0 Å². The molecule has 0 aliphatic carbocycles. The molecule has 644 valence electrons. The lowest BCUT2D eigenvalue weighted by Crippen LogP contribution is -2.30. The molecule has 0 bridgehead atoms. The zero-order chi connectivity index (χ0) is 82.2. The van der Waals surface area contributed by atoms with Crippen LogP contribution in [-0.2, 0) is 55.8 Å². The third-order valence-electron chi connectivity index (χ3n) is 18.1. The van der Waals surface area contributed by atoms with Gasteiger partial charge in [0.1, 0.15) is 25.4 Å². The van der Waals surface area contributed by atoms with Gasteiger partial charge in [0.15, 0.2) is 6.10 Å². The number of esters is 3. The fourth-order valence-corrected chi connectivity index (χ4v) is 13.1. The lowest BCUT2D eigenvalue weighted by atomic mass is 10.0. The predicted molar refractivity (Wildman–Crippen MR) is 472 cm³/mol. The first kappa shape index (κ1) is 108. The van der Waals surface area contributed by atoms with Crippen molar-refractivity contribution in [1.29, 1.82) is 0 Å². The Hall–Kier alpha value is -5.35. The van der Waals surface area contributed by atoms with Crippen LogP contribution in [0.3, 0.4) is 0 Å². The lowest BCUT2D eigenvalue weighted by molar-refractivity contribution is -0.161. The van der Waals surface area contributed by atoms with Crippen molar-refractivity contribution < 1.29 is 75.8 Å².